The third kappa shape index (κ3) is 1.66. The number of rotatable bonds is 2. The summed E-state index contributed by atoms with van der Waals surface area (Å²) in [6.45, 7) is 7.41. The molecule has 1 atom stereocenters. The Morgan fingerprint density at radius 3 is 2.86 bits per heavy atom. The molecular formula is C10H17N3O. The van der Waals surface area contributed by atoms with Crippen molar-refractivity contribution in [1.29, 1.82) is 0 Å². The van der Waals surface area contributed by atoms with Gasteiger partial charge in [0.15, 0.2) is 5.82 Å². The van der Waals surface area contributed by atoms with Gasteiger partial charge in [-0.1, -0.05) is 5.16 Å². The number of likely N-dealkylation sites (tertiary alicyclic amines) is 1. The maximum absolute atomic E-state index is 5.02. The molecule has 0 saturated carbocycles. The van der Waals surface area contributed by atoms with Crippen molar-refractivity contribution in [3.05, 3.63) is 11.7 Å². The Kier molecular flexibility index (Phi) is 2.54. The lowest BCUT2D eigenvalue weighted by Gasteiger charge is -2.25. The first-order valence-corrected chi connectivity index (χ1v) is 5.24. The quantitative estimate of drug-likeness (QED) is 0.723. The molecule has 1 aliphatic rings. The lowest BCUT2D eigenvalue weighted by Crippen LogP contribution is -2.30. The Labute approximate surface area is 84.3 Å². The summed E-state index contributed by atoms with van der Waals surface area (Å²) in [6, 6.07) is 0.925. The van der Waals surface area contributed by atoms with Crippen molar-refractivity contribution in [2.75, 3.05) is 6.54 Å². The van der Waals surface area contributed by atoms with E-state index in [9.17, 15) is 0 Å². The lowest BCUT2D eigenvalue weighted by molar-refractivity contribution is 0.195. The molecule has 4 nitrogen and oxygen atoms in total. The van der Waals surface area contributed by atoms with Crippen molar-refractivity contribution in [2.45, 2.75) is 45.7 Å². The van der Waals surface area contributed by atoms with E-state index >= 15 is 0 Å². The summed E-state index contributed by atoms with van der Waals surface area (Å²) in [7, 11) is 0. The van der Waals surface area contributed by atoms with E-state index in [2.05, 4.69) is 28.9 Å². The zero-order chi connectivity index (χ0) is 10.1. The molecule has 0 amide bonds. The van der Waals surface area contributed by atoms with Crippen LogP contribution in [0, 0.1) is 6.92 Å². The highest BCUT2D eigenvalue weighted by Gasteiger charge is 2.30. The standard InChI is InChI=1S/C10H17N3O/c1-7(2)13-6-4-5-9(13)10-11-8(3)14-12-10/h7,9H,4-6H2,1-3H3. The Morgan fingerprint density at radius 2 is 2.29 bits per heavy atom. The zero-order valence-electron chi connectivity index (χ0n) is 9.03. The molecule has 1 saturated heterocycles. The van der Waals surface area contributed by atoms with Crippen LogP contribution in [0.4, 0.5) is 0 Å². The fourth-order valence-corrected chi connectivity index (χ4v) is 2.13. The van der Waals surface area contributed by atoms with Crippen molar-refractivity contribution in [3.63, 3.8) is 0 Å². The van der Waals surface area contributed by atoms with E-state index in [0.29, 0.717) is 18.0 Å². The fourth-order valence-electron chi connectivity index (χ4n) is 2.13. The van der Waals surface area contributed by atoms with Crippen LogP contribution in [0.25, 0.3) is 0 Å². The van der Waals surface area contributed by atoms with Crippen LogP contribution in [-0.2, 0) is 0 Å². The number of aromatic nitrogens is 2. The molecule has 0 aromatic carbocycles. The van der Waals surface area contributed by atoms with Gasteiger partial charge in [-0.15, -0.1) is 0 Å². The molecule has 2 rings (SSSR count). The predicted molar refractivity (Wildman–Crippen MR) is 52.9 cm³/mol. The second-order valence-electron chi connectivity index (χ2n) is 4.16. The maximum atomic E-state index is 5.02. The van der Waals surface area contributed by atoms with E-state index in [1.54, 1.807) is 0 Å². The first kappa shape index (κ1) is 9.65. The van der Waals surface area contributed by atoms with Gasteiger partial charge >= 0.3 is 0 Å². The second-order valence-corrected chi connectivity index (χ2v) is 4.16. The second kappa shape index (κ2) is 3.69. The first-order chi connectivity index (χ1) is 6.68. The molecule has 0 radical (unpaired) electrons. The lowest BCUT2D eigenvalue weighted by atomic mass is 10.2. The Balaban J connectivity index is 2.17. The van der Waals surface area contributed by atoms with Crippen LogP contribution in [0.3, 0.4) is 0 Å². The van der Waals surface area contributed by atoms with Crippen molar-refractivity contribution >= 4 is 0 Å². The van der Waals surface area contributed by atoms with Crippen LogP contribution < -0.4 is 0 Å². The van der Waals surface area contributed by atoms with E-state index in [1.165, 1.54) is 6.42 Å². The number of hydrogen-bond donors (Lipinski definition) is 0. The molecule has 14 heavy (non-hydrogen) atoms. The van der Waals surface area contributed by atoms with Gasteiger partial charge in [-0.05, 0) is 33.2 Å². The van der Waals surface area contributed by atoms with Gasteiger partial charge in [0.05, 0.1) is 6.04 Å². The van der Waals surface area contributed by atoms with Gasteiger partial charge in [-0.25, -0.2) is 0 Å². The molecule has 2 heterocycles. The third-order valence-electron chi connectivity index (χ3n) is 2.80. The molecule has 1 fully saturated rings. The molecule has 0 spiro atoms. The summed E-state index contributed by atoms with van der Waals surface area (Å²) < 4.78 is 5.02. The molecule has 0 bridgehead atoms. The van der Waals surface area contributed by atoms with Gasteiger partial charge in [0.2, 0.25) is 5.89 Å². The minimum atomic E-state index is 0.368. The van der Waals surface area contributed by atoms with E-state index in [-0.39, 0.29) is 0 Å². The van der Waals surface area contributed by atoms with Crippen LogP contribution in [0.15, 0.2) is 4.52 Å². The topological polar surface area (TPSA) is 42.2 Å². The minimum Gasteiger partial charge on any atom is -0.340 e. The highest BCUT2D eigenvalue weighted by atomic mass is 16.5. The number of aryl methyl sites for hydroxylation is 1. The zero-order valence-corrected chi connectivity index (χ0v) is 9.03. The van der Waals surface area contributed by atoms with Crippen molar-refractivity contribution < 1.29 is 4.52 Å². The summed E-state index contributed by atoms with van der Waals surface area (Å²) >= 11 is 0. The maximum Gasteiger partial charge on any atom is 0.223 e. The summed E-state index contributed by atoms with van der Waals surface area (Å²) in [6.07, 6.45) is 2.38. The highest BCUT2D eigenvalue weighted by molar-refractivity contribution is 4.98. The monoisotopic (exact) mass is 195 g/mol. The Morgan fingerprint density at radius 1 is 1.50 bits per heavy atom. The highest BCUT2D eigenvalue weighted by Crippen LogP contribution is 2.31. The third-order valence-corrected chi connectivity index (χ3v) is 2.80. The number of nitrogens with zero attached hydrogens (tertiary/aromatic N) is 3. The first-order valence-electron chi connectivity index (χ1n) is 5.24. The van der Waals surface area contributed by atoms with Gasteiger partial charge < -0.3 is 4.52 Å². The van der Waals surface area contributed by atoms with Crippen LogP contribution in [0.2, 0.25) is 0 Å². The van der Waals surface area contributed by atoms with Crippen molar-refractivity contribution in [2.24, 2.45) is 0 Å². The molecule has 0 aliphatic carbocycles. The Hall–Kier alpha value is -0.900. The summed E-state index contributed by atoms with van der Waals surface area (Å²) in [5.74, 6) is 1.52. The SMILES string of the molecule is Cc1nc(C2CCCN2C(C)C)no1. The normalized spacial score (nSPS) is 23.6. The predicted octanol–water partition coefficient (Wildman–Crippen LogP) is 1.92. The summed E-state index contributed by atoms with van der Waals surface area (Å²) in [4.78, 5) is 6.74. The molecule has 1 unspecified atom stereocenters. The molecule has 4 heteroatoms. The minimum absolute atomic E-state index is 0.368. The fraction of sp³-hybridized carbons (Fsp3) is 0.800. The van der Waals surface area contributed by atoms with Gasteiger partial charge in [-0.3, -0.25) is 4.90 Å². The molecule has 0 N–H and O–H groups in total. The van der Waals surface area contributed by atoms with Crippen molar-refractivity contribution in [3.8, 4) is 0 Å². The van der Waals surface area contributed by atoms with Gasteiger partial charge in [-0.2, -0.15) is 4.98 Å². The summed E-state index contributed by atoms with van der Waals surface area (Å²) in [5.41, 5.74) is 0. The number of hydrogen-bond acceptors (Lipinski definition) is 4. The average molecular weight is 195 g/mol. The van der Waals surface area contributed by atoms with Crippen molar-refractivity contribution in [1.82, 2.24) is 15.0 Å². The molecular weight excluding hydrogens is 178 g/mol. The van der Waals surface area contributed by atoms with Gasteiger partial charge in [0.25, 0.3) is 0 Å². The largest absolute Gasteiger partial charge is 0.340 e. The summed E-state index contributed by atoms with van der Waals surface area (Å²) in [5, 5.41) is 4.00. The van der Waals surface area contributed by atoms with Gasteiger partial charge in [0, 0.05) is 13.0 Å². The Bertz CT molecular complexity index is 308. The van der Waals surface area contributed by atoms with E-state index in [1.807, 2.05) is 6.92 Å². The van der Waals surface area contributed by atoms with E-state index in [0.717, 1.165) is 18.8 Å². The molecule has 1 aliphatic heterocycles. The van der Waals surface area contributed by atoms with E-state index in [4.69, 9.17) is 4.52 Å². The van der Waals surface area contributed by atoms with E-state index < -0.39 is 0 Å². The smallest absolute Gasteiger partial charge is 0.223 e. The molecule has 1 aromatic rings. The molecule has 1 aromatic heterocycles. The van der Waals surface area contributed by atoms with Crippen LogP contribution in [0.5, 0.6) is 0 Å². The van der Waals surface area contributed by atoms with Crippen LogP contribution in [-0.4, -0.2) is 27.6 Å². The molecule has 78 valence electrons. The van der Waals surface area contributed by atoms with Gasteiger partial charge in [0.1, 0.15) is 0 Å². The average Bonchev–Trinajstić information content (AvgIpc) is 2.70. The van der Waals surface area contributed by atoms with Crippen LogP contribution in [0.1, 0.15) is 44.4 Å². The van der Waals surface area contributed by atoms with Crippen LogP contribution >= 0.6 is 0 Å².